The van der Waals surface area contributed by atoms with Gasteiger partial charge in [0.1, 0.15) is 54.6 Å². The maximum atomic E-state index is 14.1. The van der Waals surface area contributed by atoms with Crippen molar-refractivity contribution in [3.05, 3.63) is 77.9 Å². The highest BCUT2D eigenvalue weighted by molar-refractivity contribution is 5.98. The quantitative estimate of drug-likeness (QED) is 0.0230. The van der Waals surface area contributed by atoms with E-state index in [4.69, 9.17) is 27.7 Å². The Kier molecular flexibility index (Phi) is 25.8. The SMILES string of the molecule is CC(C)C[C@@H]1NC(=O)[C@H](CCCN=C(N)N)NC(=O)[C@@H](N)C/C=C\C[C@@H](C(=O)N[C@@H](CCCCN)C(=O)NCC(=O)N2CCC[C@H]2C(=O)N[C@H](Cc2ccc(OCc3ccccc3)cc2)C(=O)O)NC(=O)[C@H](CO)NC1=O. The van der Waals surface area contributed by atoms with E-state index < -0.39 is 115 Å². The Bertz CT molecular complexity index is 2370. The van der Waals surface area contributed by atoms with Crippen LogP contribution < -0.4 is 64.9 Å². The first kappa shape index (κ1) is 61.9. The molecule has 0 spiro atoms. The van der Waals surface area contributed by atoms with Gasteiger partial charge in [0, 0.05) is 19.5 Å². The number of carbonyl (C=O) groups excluding carboxylic acids is 8. The minimum atomic E-state index is -1.61. The number of aliphatic hydroxyl groups is 1. The van der Waals surface area contributed by atoms with E-state index in [1.165, 1.54) is 17.1 Å². The summed E-state index contributed by atoms with van der Waals surface area (Å²) in [5.41, 5.74) is 24.4. The summed E-state index contributed by atoms with van der Waals surface area (Å²) >= 11 is 0. The van der Waals surface area contributed by atoms with Crippen LogP contribution >= 0.6 is 0 Å². The normalized spacial score (nSPS) is 21.7. The van der Waals surface area contributed by atoms with E-state index in [1.807, 2.05) is 30.3 Å². The minimum Gasteiger partial charge on any atom is -0.489 e. The van der Waals surface area contributed by atoms with Gasteiger partial charge in [-0.2, -0.15) is 0 Å². The predicted octanol–water partition coefficient (Wildman–Crippen LogP) is -2.19. The van der Waals surface area contributed by atoms with Crippen molar-refractivity contribution in [1.82, 2.24) is 42.1 Å². The summed E-state index contributed by atoms with van der Waals surface area (Å²) in [6.07, 6.45) is 4.53. The first-order chi connectivity index (χ1) is 36.8. The number of amides is 8. The molecule has 2 aliphatic rings. The molecule has 77 heavy (non-hydrogen) atoms. The Morgan fingerprint density at radius 2 is 1.44 bits per heavy atom. The number of hydrogen-bond acceptors (Lipinski definition) is 14. The molecule has 1 fully saturated rings. The van der Waals surface area contributed by atoms with Gasteiger partial charge in [-0.3, -0.25) is 43.3 Å². The monoisotopic (exact) mass is 1080 g/mol. The van der Waals surface area contributed by atoms with Crippen LogP contribution in [0.4, 0.5) is 0 Å². The van der Waals surface area contributed by atoms with Crippen molar-refractivity contribution in [2.24, 2.45) is 33.8 Å². The zero-order valence-corrected chi connectivity index (χ0v) is 43.7. The molecule has 2 heterocycles. The van der Waals surface area contributed by atoms with Crippen LogP contribution in [0, 0.1) is 5.92 Å². The van der Waals surface area contributed by atoms with E-state index in [0.29, 0.717) is 37.2 Å². The van der Waals surface area contributed by atoms with E-state index in [9.17, 15) is 53.4 Å². The van der Waals surface area contributed by atoms with Crippen molar-refractivity contribution in [3.8, 4) is 5.75 Å². The molecule has 2 aliphatic heterocycles. The number of carbonyl (C=O) groups is 9. The smallest absolute Gasteiger partial charge is 0.326 e. The Labute approximate surface area is 447 Å². The number of unbranched alkanes of at least 4 members (excludes halogenated alkanes) is 1. The number of aliphatic carboxylic acids is 1. The maximum Gasteiger partial charge on any atom is 0.326 e. The fraction of sp³-hybridized carbons (Fsp3) is 0.538. The van der Waals surface area contributed by atoms with E-state index in [1.54, 1.807) is 38.1 Å². The lowest BCUT2D eigenvalue weighted by atomic mass is 10.0. The number of carboxylic acid groups (broad SMARTS) is 1. The second-order valence-corrected chi connectivity index (χ2v) is 19.4. The van der Waals surface area contributed by atoms with Crippen molar-refractivity contribution >= 4 is 59.2 Å². The van der Waals surface area contributed by atoms with Gasteiger partial charge in [0.2, 0.25) is 47.3 Å². The van der Waals surface area contributed by atoms with E-state index in [0.717, 1.165) is 5.56 Å². The molecule has 422 valence electrons. The number of guanidine groups is 1. The highest BCUT2D eigenvalue weighted by Crippen LogP contribution is 2.20. The number of likely N-dealkylation sites (tertiary alicyclic amines) is 1. The molecule has 0 bridgehead atoms. The lowest BCUT2D eigenvalue weighted by molar-refractivity contribution is -0.144. The van der Waals surface area contributed by atoms with Gasteiger partial charge >= 0.3 is 5.97 Å². The van der Waals surface area contributed by atoms with Gasteiger partial charge in [0.05, 0.1) is 19.2 Å². The van der Waals surface area contributed by atoms with Gasteiger partial charge in [-0.15, -0.1) is 0 Å². The summed E-state index contributed by atoms with van der Waals surface area (Å²) in [4.78, 5) is 127. The number of aliphatic imine (C=N–C) groups is 1. The highest BCUT2D eigenvalue weighted by atomic mass is 16.5. The van der Waals surface area contributed by atoms with Gasteiger partial charge in [-0.25, -0.2) is 4.79 Å². The summed E-state index contributed by atoms with van der Waals surface area (Å²) in [5.74, 6) is -7.22. The lowest BCUT2D eigenvalue weighted by Gasteiger charge is -2.27. The number of aliphatic hydroxyl groups excluding tert-OH is 1. The van der Waals surface area contributed by atoms with Gasteiger partial charge in [0.15, 0.2) is 5.96 Å². The molecule has 0 aromatic heterocycles. The molecule has 8 atom stereocenters. The molecule has 1 saturated heterocycles. The van der Waals surface area contributed by atoms with E-state index in [-0.39, 0.29) is 82.9 Å². The number of rotatable bonds is 24. The van der Waals surface area contributed by atoms with E-state index >= 15 is 0 Å². The average molecular weight is 1080 g/mol. The fourth-order valence-corrected chi connectivity index (χ4v) is 8.50. The molecule has 0 radical (unpaired) electrons. The Hall–Kier alpha value is -7.64. The van der Waals surface area contributed by atoms with Crippen LogP contribution in [0.5, 0.6) is 5.75 Å². The predicted molar refractivity (Wildman–Crippen MR) is 284 cm³/mol. The fourth-order valence-electron chi connectivity index (χ4n) is 8.50. The zero-order valence-electron chi connectivity index (χ0n) is 43.7. The third-order valence-electron chi connectivity index (χ3n) is 12.7. The molecular formula is C52H77N13O12. The van der Waals surface area contributed by atoms with Crippen LogP contribution in [0.15, 0.2) is 71.7 Å². The van der Waals surface area contributed by atoms with Gasteiger partial charge in [-0.05, 0) is 99.9 Å². The molecule has 17 N–H and O–H groups in total. The molecule has 0 aliphatic carbocycles. The number of nitrogens with zero attached hydrogens (tertiary/aromatic N) is 2. The summed E-state index contributed by atoms with van der Waals surface area (Å²) < 4.78 is 5.83. The Morgan fingerprint density at radius 1 is 0.792 bits per heavy atom. The van der Waals surface area contributed by atoms with Gasteiger partial charge in [-0.1, -0.05) is 68.5 Å². The van der Waals surface area contributed by atoms with Crippen molar-refractivity contribution in [3.63, 3.8) is 0 Å². The summed E-state index contributed by atoms with van der Waals surface area (Å²) in [7, 11) is 0. The van der Waals surface area contributed by atoms with Gasteiger partial charge < -0.3 is 80.0 Å². The third-order valence-corrected chi connectivity index (χ3v) is 12.7. The number of nitrogens with two attached hydrogens (primary N) is 4. The lowest BCUT2D eigenvalue weighted by Crippen LogP contribution is -2.60. The number of nitrogens with one attached hydrogen (secondary N) is 7. The molecule has 0 unspecified atom stereocenters. The third kappa shape index (κ3) is 21.1. The van der Waals surface area contributed by atoms with Crippen molar-refractivity contribution in [2.45, 2.75) is 139 Å². The Balaban J connectivity index is 1.45. The number of ether oxygens (including phenoxy) is 1. The molecular weight excluding hydrogens is 999 g/mol. The van der Waals surface area contributed by atoms with E-state index in [2.05, 4.69) is 42.2 Å². The van der Waals surface area contributed by atoms with Crippen LogP contribution in [0.3, 0.4) is 0 Å². The summed E-state index contributed by atoms with van der Waals surface area (Å²) in [6, 6.07) is 6.13. The highest BCUT2D eigenvalue weighted by Gasteiger charge is 2.37. The largest absolute Gasteiger partial charge is 0.489 e. The van der Waals surface area contributed by atoms with Gasteiger partial charge in [0.25, 0.3) is 0 Å². The van der Waals surface area contributed by atoms with Crippen LogP contribution in [-0.4, -0.2) is 155 Å². The van der Waals surface area contributed by atoms with Crippen LogP contribution in [0.1, 0.15) is 89.2 Å². The molecule has 25 nitrogen and oxygen atoms in total. The van der Waals surface area contributed by atoms with Crippen LogP contribution in [0.25, 0.3) is 0 Å². The number of hydrogen-bond donors (Lipinski definition) is 13. The van der Waals surface area contributed by atoms with Crippen molar-refractivity contribution in [1.29, 1.82) is 0 Å². The molecule has 8 amide bonds. The molecule has 0 saturated carbocycles. The van der Waals surface area contributed by atoms with Crippen molar-refractivity contribution < 1.29 is 58.1 Å². The molecule has 4 rings (SSSR count). The second kappa shape index (κ2) is 32.1. The topological polar surface area (TPSA) is 407 Å². The average Bonchev–Trinajstić information content (AvgIpc) is 3.91. The number of benzene rings is 2. The second-order valence-electron chi connectivity index (χ2n) is 19.4. The van der Waals surface area contributed by atoms with Crippen molar-refractivity contribution in [2.75, 3.05) is 32.8 Å². The molecule has 2 aromatic rings. The maximum absolute atomic E-state index is 14.1. The molecule has 2 aromatic carbocycles. The summed E-state index contributed by atoms with van der Waals surface area (Å²) in [5, 5.41) is 38.4. The first-order valence-corrected chi connectivity index (χ1v) is 25.9. The van der Waals surface area contributed by atoms with Crippen LogP contribution in [0.2, 0.25) is 0 Å². The number of carboxylic acids is 1. The first-order valence-electron chi connectivity index (χ1n) is 25.9. The molecule has 25 heteroatoms. The van der Waals surface area contributed by atoms with Crippen LogP contribution in [-0.2, 0) is 56.2 Å². The Morgan fingerprint density at radius 3 is 2.10 bits per heavy atom. The zero-order chi connectivity index (χ0) is 56.4. The minimum absolute atomic E-state index is 0.0474. The standard InChI is InChI=1S/C52H77N13O12/c1-31(2)26-39-48(72)64-41(29-66)49(73)61-37(15-7-6-14-35(54)44(68)59-38(47(71)62-39)17-10-24-57-52(55)56)46(70)60-36(16-8-9-23-53)45(69)58-28-43(67)65-25-11-18-42(65)50(74)63-40(51(75)76)27-32-19-21-34(22-20-32)77-30-33-12-4-3-5-13-33/h3-7,12-13,19-22,31,35-42,66H,8-11,14-18,23-30,53-54H2,1-2H3,(H,58,69)(H,59,68)(H,60,70)(H,61,73)(H,62,71)(H,63,74)(H,64,72)(H,75,76)(H4,55,56,57)/b7-6-/t35-,36-,37-,38-,39-,40+,41-,42-/m0/s1. The summed E-state index contributed by atoms with van der Waals surface area (Å²) in [6.45, 7) is 2.98.